The van der Waals surface area contributed by atoms with Gasteiger partial charge >= 0.3 is 0 Å². The second-order valence-corrected chi connectivity index (χ2v) is 9.07. The Morgan fingerprint density at radius 2 is 1.79 bits per heavy atom. The molecule has 3 rings (SSSR count). The van der Waals surface area contributed by atoms with Crippen LogP contribution >= 0.6 is 34.8 Å². The van der Waals surface area contributed by atoms with Gasteiger partial charge in [0.1, 0.15) is 10.8 Å². The lowest BCUT2D eigenvalue weighted by atomic mass is 10.2. The molecule has 0 atom stereocenters. The van der Waals surface area contributed by atoms with E-state index in [1.807, 2.05) is 0 Å². The van der Waals surface area contributed by atoms with Crippen LogP contribution in [-0.4, -0.2) is 18.2 Å². The summed E-state index contributed by atoms with van der Waals surface area (Å²) in [6.07, 6.45) is 1.39. The van der Waals surface area contributed by atoms with E-state index in [-0.39, 0.29) is 32.9 Å². The molecule has 1 heterocycles. The number of hydrogen-bond acceptors (Lipinski definition) is 3. The van der Waals surface area contributed by atoms with Gasteiger partial charge < -0.3 is 0 Å². The number of anilines is 1. The van der Waals surface area contributed by atoms with E-state index in [0.717, 1.165) is 0 Å². The van der Waals surface area contributed by atoms with Crippen LogP contribution in [0, 0.1) is 19.7 Å². The molecule has 0 unspecified atom stereocenters. The van der Waals surface area contributed by atoms with Crippen molar-refractivity contribution in [3.05, 3.63) is 74.1 Å². The van der Waals surface area contributed by atoms with Crippen molar-refractivity contribution in [1.82, 2.24) is 9.78 Å². The molecule has 3 aromatic rings. The van der Waals surface area contributed by atoms with Crippen LogP contribution in [0.25, 0.3) is 0 Å². The Bertz CT molecular complexity index is 1140. The number of nitrogens with one attached hydrogen (secondary N) is 1. The van der Waals surface area contributed by atoms with Crippen molar-refractivity contribution < 1.29 is 12.8 Å². The van der Waals surface area contributed by atoms with Gasteiger partial charge in [0.15, 0.2) is 5.82 Å². The second-order valence-electron chi connectivity index (χ2n) is 6.20. The zero-order valence-corrected chi connectivity index (χ0v) is 17.9. The number of hydrogen-bond donors (Lipinski definition) is 1. The van der Waals surface area contributed by atoms with Crippen molar-refractivity contribution in [2.45, 2.75) is 25.3 Å². The van der Waals surface area contributed by atoms with Gasteiger partial charge in [0.05, 0.1) is 11.4 Å². The molecule has 0 radical (unpaired) electrons. The van der Waals surface area contributed by atoms with Crippen molar-refractivity contribution in [2.75, 3.05) is 4.72 Å². The van der Waals surface area contributed by atoms with E-state index >= 15 is 0 Å². The topological polar surface area (TPSA) is 64.0 Å². The lowest BCUT2D eigenvalue weighted by Crippen LogP contribution is -2.15. The van der Waals surface area contributed by atoms with E-state index in [2.05, 4.69) is 9.82 Å². The number of rotatable bonds is 5. The summed E-state index contributed by atoms with van der Waals surface area (Å²) in [6, 6.07) is 7.38. The molecule has 1 N–H and O–H groups in total. The van der Waals surface area contributed by atoms with Gasteiger partial charge in [-0.25, -0.2) is 12.8 Å². The molecule has 0 bridgehead atoms. The monoisotopic (exact) mass is 461 g/mol. The quantitative estimate of drug-likeness (QED) is 0.548. The highest BCUT2D eigenvalue weighted by Crippen LogP contribution is 2.28. The third-order valence-electron chi connectivity index (χ3n) is 4.08. The molecular weight excluding hydrogens is 448 g/mol. The number of sulfonamides is 1. The van der Waals surface area contributed by atoms with Crippen LogP contribution in [0.1, 0.15) is 16.7 Å². The smallest absolute Gasteiger partial charge is 0.263 e. The van der Waals surface area contributed by atoms with Crippen LogP contribution in [0.5, 0.6) is 0 Å². The van der Waals surface area contributed by atoms with Gasteiger partial charge in [-0.05, 0) is 49.2 Å². The maximum absolute atomic E-state index is 14.0. The third-order valence-corrected chi connectivity index (χ3v) is 6.59. The number of benzene rings is 2. The maximum atomic E-state index is 14.0. The molecule has 0 aliphatic carbocycles. The molecule has 10 heteroatoms. The van der Waals surface area contributed by atoms with E-state index in [4.69, 9.17) is 34.8 Å². The molecule has 0 spiro atoms. The normalized spacial score (nSPS) is 11.6. The molecule has 0 saturated carbocycles. The Kier molecular flexibility index (Phi) is 5.91. The number of halogens is 4. The van der Waals surface area contributed by atoms with Gasteiger partial charge in [0, 0.05) is 21.8 Å². The Morgan fingerprint density at radius 1 is 1.07 bits per heavy atom. The number of aryl methyl sites for hydroxylation is 2. The minimum absolute atomic E-state index is 0.00790. The fraction of sp³-hybridized carbons (Fsp3) is 0.167. The average Bonchev–Trinajstić information content (AvgIpc) is 2.93. The van der Waals surface area contributed by atoms with Gasteiger partial charge in [-0.15, -0.1) is 0 Å². The third kappa shape index (κ3) is 4.27. The van der Waals surface area contributed by atoms with E-state index in [9.17, 15) is 12.8 Å². The van der Waals surface area contributed by atoms with Crippen LogP contribution in [0.3, 0.4) is 0 Å². The summed E-state index contributed by atoms with van der Waals surface area (Å²) in [7, 11) is -3.95. The number of aromatic nitrogens is 2. The van der Waals surface area contributed by atoms with Crippen molar-refractivity contribution in [3.8, 4) is 0 Å². The fourth-order valence-electron chi connectivity index (χ4n) is 2.62. The largest absolute Gasteiger partial charge is 0.264 e. The number of nitrogens with zero attached hydrogens (tertiary/aromatic N) is 2. The summed E-state index contributed by atoms with van der Waals surface area (Å²) in [5, 5.41) is 4.89. The lowest BCUT2D eigenvalue weighted by Gasteiger charge is -2.11. The lowest BCUT2D eigenvalue weighted by molar-refractivity contribution is 0.585. The van der Waals surface area contributed by atoms with Crippen LogP contribution in [0.15, 0.2) is 41.4 Å². The van der Waals surface area contributed by atoms with Gasteiger partial charge in [-0.3, -0.25) is 9.40 Å². The van der Waals surface area contributed by atoms with E-state index < -0.39 is 15.8 Å². The molecule has 0 amide bonds. The second kappa shape index (κ2) is 7.91. The molecule has 0 aliphatic rings. The predicted molar refractivity (Wildman–Crippen MR) is 109 cm³/mol. The van der Waals surface area contributed by atoms with Gasteiger partial charge in [0.25, 0.3) is 10.0 Å². The first kappa shape index (κ1) is 20.9. The molecule has 5 nitrogen and oxygen atoms in total. The minimum Gasteiger partial charge on any atom is -0.264 e. The van der Waals surface area contributed by atoms with Crippen LogP contribution < -0.4 is 4.72 Å². The molecule has 0 saturated heterocycles. The standard InChI is InChI=1S/C18H15Cl3FN3O2S/c1-10-7-17(11(2)6-14(10)20)28(26,27)24-18-15(21)9-25(23-18)8-12-13(19)4-3-5-16(12)22/h3-7,9H,8H2,1-2H3,(H,23,24). The molecule has 2 aromatic carbocycles. The molecule has 0 fully saturated rings. The van der Waals surface area contributed by atoms with E-state index in [1.165, 1.54) is 29.1 Å². The SMILES string of the molecule is Cc1cc(S(=O)(=O)Nc2nn(Cc3c(F)cccc3Cl)cc2Cl)c(C)cc1Cl. The van der Waals surface area contributed by atoms with Crippen LogP contribution in [-0.2, 0) is 16.6 Å². The highest BCUT2D eigenvalue weighted by atomic mass is 35.5. The van der Waals surface area contributed by atoms with Crippen molar-refractivity contribution in [2.24, 2.45) is 0 Å². The molecule has 28 heavy (non-hydrogen) atoms. The van der Waals surface area contributed by atoms with Crippen LogP contribution in [0.4, 0.5) is 10.2 Å². The van der Waals surface area contributed by atoms with E-state index in [1.54, 1.807) is 26.0 Å². The summed E-state index contributed by atoms with van der Waals surface area (Å²) in [5.41, 5.74) is 1.33. The Balaban J connectivity index is 1.91. The summed E-state index contributed by atoms with van der Waals surface area (Å²) >= 11 is 18.2. The first-order chi connectivity index (χ1) is 13.1. The zero-order chi connectivity index (χ0) is 20.6. The van der Waals surface area contributed by atoms with Crippen molar-refractivity contribution >= 4 is 50.6 Å². The maximum Gasteiger partial charge on any atom is 0.263 e. The average molecular weight is 463 g/mol. The summed E-state index contributed by atoms with van der Waals surface area (Å²) in [6.45, 7) is 3.34. The van der Waals surface area contributed by atoms with Gasteiger partial charge in [-0.1, -0.05) is 40.9 Å². The van der Waals surface area contributed by atoms with Crippen LogP contribution in [0.2, 0.25) is 15.1 Å². The molecule has 1 aromatic heterocycles. The predicted octanol–water partition coefficient (Wildman–Crippen LogP) is 5.45. The van der Waals surface area contributed by atoms with Crippen molar-refractivity contribution in [1.29, 1.82) is 0 Å². The Hall–Kier alpha value is -1.80. The molecular formula is C18H15Cl3FN3O2S. The first-order valence-corrected chi connectivity index (χ1v) is 10.7. The summed E-state index contributed by atoms with van der Waals surface area (Å²) in [5.74, 6) is -0.561. The highest BCUT2D eigenvalue weighted by molar-refractivity contribution is 7.92. The van der Waals surface area contributed by atoms with Crippen molar-refractivity contribution in [3.63, 3.8) is 0 Å². The zero-order valence-electron chi connectivity index (χ0n) is 14.8. The fourth-order valence-corrected chi connectivity index (χ4v) is 4.64. The first-order valence-electron chi connectivity index (χ1n) is 8.04. The highest BCUT2D eigenvalue weighted by Gasteiger charge is 2.22. The summed E-state index contributed by atoms with van der Waals surface area (Å²) < 4.78 is 43.2. The molecule has 0 aliphatic heterocycles. The van der Waals surface area contributed by atoms with Gasteiger partial charge in [0.2, 0.25) is 0 Å². The minimum atomic E-state index is -3.95. The van der Waals surface area contributed by atoms with E-state index in [0.29, 0.717) is 16.1 Å². The van der Waals surface area contributed by atoms with Gasteiger partial charge in [-0.2, -0.15) is 5.10 Å². The summed E-state index contributed by atoms with van der Waals surface area (Å²) in [4.78, 5) is 0.0668. The Labute approximate surface area is 177 Å². The molecule has 148 valence electrons. The Morgan fingerprint density at radius 3 is 2.46 bits per heavy atom.